The molecule has 2 aromatic carbocycles. The molecule has 0 aromatic heterocycles. The number of rotatable bonds is 8. The molecule has 1 saturated heterocycles. The average Bonchev–Trinajstić information content (AvgIpc) is 2.71. The molecule has 5 nitrogen and oxygen atoms in total. The number of carbonyl (C=O) groups is 1. The van der Waals surface area contributed by atoms with Gasteiger partial charge in [0, 0.05) is 31.7 Å². The Hall–Kier alpha value is -2.37. The Morgan fingerprint density at radius 2 is 1.93 bits per heavy atom. The van der Waals surface area contributed by atoms with Gasteiger partial charge in [0.05, 0.1) is 12.7 Å². The maximum Gasteiger partial charge on any atom is 0.251 e. The van der Waals surface area contributed by atoms with Crippen LogP contribution in [0, 0.1) is 5.92 Å². The second-order valence-electron chi connectivity index (χ2n) is 7.65. The van der Waals surface area contributed by atoms with Crippen LogP contribution in [-0.4, -0.2) is 49.7 Å². The molecule has 28 heavy (non-hydrogen) atoms. The molecular weight excluding hydrogens is 352 g/mol. The van der Waals surface area contributed by atoms with E-state index >= 15 is 0 Å². The summed E-state index contributed by atoms with van der Waals surface area (Å²) in [5.41, 5.74) is 1.68. The van der Waals surface area contributed by atoms with Crippen LogP contribution in [0.2, 0.25) is 0 Å². The highest BCUT2D eigenvalue weighted by Crippen LogP contribution is 2.13. The van der Waals surface area contributed by atoms with E-state index in [1.165, 1.54) is 0 Å². The summed E-state index contributed by atoms with van der Waals surface area (Å²) in [6, 6.07) is 17.2. The zero-order chi connectivity index (χ0) is 19.8. The molecule has 0 saturated carbocycles. The van der Waals surface area contributed by atoms with Crippen LogP contribution in [0.3, 0.4) is 0 Å². The van der Waals surface area contributed by atoms with Crippen molar-refractivity contribution in [2.45, 2.75) is 26.6 Å². The lowest BCUT2D eigenvalue weighted by Gasteiger charge is -2.33. The number of ether oxygens (including phenoxy) is 2. The highest BCUT2D eigenvalue weighted by molar-refractivity contribution is 5.94. The van der Waals surface area contributed by atoms with Crippen LogP contribution in [0.5, 0.6) is 5.75 Å². The van der Waals surface area contributed by atoms with Crippen molar-refractivity contribution in [3.8, 4) is 5.75 Å². The molecular formula is C23H30N2O3. The van der Waals surface area contributed by atoms with Crippen LogP contribution in [0.4, 0.5) is 0 Å². The van der Waals surface area contributed by atoms with E-state index < -0.39 is 0 Å². The van der Waals surface area contributed by atoms with Crippen molar-refractivity contribution in [2.24, 2.45) is 5.92 Å². The fourth-order valence-electron chi connectivity index (χ4n) is 3.33. The molecule has 0 spiro atoms. The highest BCUT2D eigenvalue weighted by Gasteiger charge is 2.21. The first-order chi connectivity index (χ1) is 13.6. The molecule has 0 radical (unpaired) electrons. The van der Waals surface area contributed by atoms with Gasteiger partial charge in [-0.15, -0.1) is 0 Å². The summed E-state index contributed by atoms with van der Waals surface area (Å²) in [6.07, 6.45) is 0.0509. The van der Waals surface area contributed by atoms with E-state index in [4.69, 9.17) is 9.47 Å². The number of nitrogens with zero attached hydrogens (tertiary/aromatic N) is 1. The van der Waals surface area contributed by atoms with Crippen LogP contribution in [0.1, 0.15) is 29.8 Å². The van der Waals surface area contributed by atoms with Crippen molar-refractivity contribution < 1.29 is 14.3 Å². The quantitative estimate of drug-likeness (QED) is 0.761. The number of hydrogen-bond acceptors (Lipinski definition) is 4. The van der Waals surface area contributed by atoms with E-state index in [-0.39, 0.29) is 12.0 Å². The molecule has 150 valence electrons. The van der Waals surface area contributed by atoms with Gasteiger partial charge < -0.3 is 14.8 Å². The van der Waals surface area contributed by atoms with E-state index in [0.29, 0.717) is 24.6 Å². The molecule has 0 aliphatic carbocycles. The minimum Gasteiger partial charge on any atom is -0.489 e. The van der Waals surface area contributed by atoms with E-state index in [0.717, 1.165) is 37.6 Å². The van der Waals surface area contributed by atoms with Crippen LogP contribution in [0.25, 0.3) is 0 Å². The van der Waals surface area contributed by atoms with Crippen LogP contribution >= 0.6 is 0 Å². The zero-order valence-electron chi connectivity index (χ0n) is 16.8. The molecule has 1 aliphatic rings. The average molecular weight is 383 g/mol. The van der Waals surface area contributed by atoms with Gasteiger partial charge in [-0.25, -0.2) is 0 Å². The Balaban J connectivity index is 1.44. The summed E-state index contributed by atoms with van der Waals surface area (Å²) in [5.74, 6) is 1.40. The minimum absolute atomic E-state index is 0.0509. The molecule has 1 unspecified atom stereocenters. The topological polar surface area (TPSA) is 50.8 Å². The molecule has 5 heteroatoms. The second kappa shape index (κ2) is 10.2. The van der Waals surface area contributed by atoms with Crippen molar-refractivity contribution in [3.05, 3.63) is 65.7 Å². The number of hydrogen-bond donors (Lipinski definition) is 1. The zero-order valence-corrected chi connectivity index (χ0v) is 16.8. The molecule has 1 heterocycles. The lowest BCUT2D eigenvalue weighted by Crippen LogP contribution is -2.48. The summed E-state index contributed by atoms with van der Waals surface area (Å²) in [5, 5.41) is 3.00. The number of carbonyl (C=O) groups excluding carboxylic acids is 1. The fourth-order valence-corrected chi connectivity index (χ4v) is 3.33. The van der Waals surface area contributed by atoms with Gasteiger partial charge in [0.15, 0.2) is 0 Å². The van der Waals surface area contributed by atoms with Crippen LogP contribution in [0.15, 0.2) is 54.6 Å². The van der Waals surface area contributed by atoms with Crippen molar-refractivity contribution in [3.63, 3.8) is 0 Å². The van der Waals surface area contributed by atoms with Gasteiger partial charge in [-0.2, -0.15) is 0 Å². The Morgan fingerprint density at radius 3 is 2.64 bits per heavy atom. The standard InChI is InChI=1S/C23H30N2O3/c1-18(2)15-25-12-13-27-22(16-25)14-24-23(26)20-10-8-19(9-11-20)17-28-21-6-4-3-5-7-21/h3-11,18,22H,12-17H2,1-2H3,(H,24,26). The molecule has 1 fully saturated rings. The van der Waals surface area contributed by atoms with Crippen LogP contribution < -0.4 is 10.1 Å². The van der Waals surface area contributed by atoms with Gasteiger partial charge in [0.25, 0.3) is 5.91 Å². The Kier molecular flexibility index (Phi) is 7.46. The molecule has 1 amide bonds. The molecule has 3 rings (SSSR count). The molecule has 0 bridgehead atoms. The normalized spacial score (nSPS) is 17.5. The third-order valence-corrected chi connectivity index (χ3v) is 4.70. The number of benzene rings is 2. The molecule has 1 atom stereocenters. The smallest absolute Gasteiger partial charge is 0.251 e. The summed E-state index contributed by atoms with van der Waals surface area (Å²) in [7, 11) is 0. The number of amides is 1. The maximum absolute atomic E-state index is 12.4. The number of morpholine rings is 1. The van der Waals surface area contributed by atoms with Crippen molar-refractivity contribution >= 4 is 5.91 Å². The monoisotopic (exact) mass is 382 g/mol. The third-order valence-electron chi connectivity index (χ3n) is 4.70. The highest BCUT2D eigenvalue weighted by atomic mass is 16.5. The van der Waals surface area contributed by atoms with Crippen molar-refractivity contribution in [1.29, 1.82) is 0 Å². The predicted octanol–water partition coefficient (Wildman–Crippen LogP) is 3.35. The first-order valence-electron chi connectivity index (χ1n) is 9.99. The van der Waals surface area contributed by atoms with Gasteiger partial charge in [-0.05, 0) is 35.7 Å². The summed E-state index contributed by atoms with van der Waals surface area (Å²) in [6.45, 7) is 9.09. The lowest BCUT2D eigenvalue weighted by molar-refractivity contribution is -0.0295. The van der Waals surface area contributed by atoms with E-state index in [1.54, 1.807) is 0 Å². The van der Waals surface area contributed by atoms with Gasteiger partial charge in [0.2, 0.25) is 0 Å². The Labute approximate surface area is 167 Å². The number of para-hydroxylation sites is 1. The fraction of sp³-hybridized carbons (Fsp3) is 0.435. The summed E-state index contributed by atoms with van der Waals surface area (Å²) >= 11 is 0. The van der Waals surface area contributed by atoms with Crippen molar-refractivity contribution in [2.75, 3.05) is 32.8 Å². The SMILES string of the molecule is CC(C)CN1CCOC(CNC(=O)c2ccc(COc3ccccc3)cc2)C1. The van der Waals surface area contributed by atoms with E-state index in [9.17, 15) is 4.79 Å². The van der Waals surface area contributed by atoms with Crippen molar-refractivity contribution in [1.82, 2.24) is 10.2 Å². The summed E-state index contributed by atoms with van der Waals surface area (Å²) < 4.78 is 11.5. The largest absolute Gasteiger partial charge is 0.489 e. The van der Waals surface area contributed by atoms with Gasteiger partial charge in [-0.1, -0.05) is 44.2 Å². The Morgan fingerprint density at radius 1 is 1.18 bits per heavy atom. The lowest BCUT2D eigenvalue weighted by atomic mass is 10.1. The third kappa shape index (κ3) is 6.36. The molecule has 1 N–H and O–H groups in total. The molecule has 1 aliphatic heterocycles. The van der Waals surface area contributed by atoms with Crippen LogP contribution in [-0.2, 0) is 11.3 Å². The first kappa shape index (κ1) is 20.4. The second-order valence-corrected chi connectivity index (χ2v) is 7.65. The van der Waals surface area contributed by atoms with E-state index in [1.807, 2.05) is 54.6 Å². The summed E-state index contributed by atoms with van der Waals surface area (Å²) in [4.78, 5) is 14.8. The number of nitrogens with one attached hydrogen (secondary N) is 1. The predicted molar refractivity (Wildman–Crippen MR) is 111 cm³/mol. The van der Waals surface area contributed by atoms with Gasteiger partial charge >= 0.3 is 0 Å². The van der Waals surface area contributed by atoms with Gasteiger partial charge in [0.1, 0.15) is 12.4 Å². The molecule has 2 aromatic rings. The first-order valence-corrected chi connectivity index (χ1v) is 9.99. The van der Waals surface area contributed by atoms with Gasteiger partial charge in [-0.3, -0.25) is 9.69 Å². The minimum atomic E-state index is -0.0693. The Bertz CT molecular complexity index is 731. The van der Waals surface area contributed by atoms with E-state index in [2.05, 4.69) is 24.1 Å². The maximum atomic E-state index is 12.4.